The maximum absolute atomic E-state index is 12.6. The highest BCUT2D eigenvalue weighted by Gasteiger charge is 2.20. The normalized spacial score (nSPS) is 15.3. The standard InChI is InChI=1S/C21H24N6O2/c1-13(14-5-3-2-4-6-14)24-21(28)20-25-17-11-15(16(22)12-18(17)26-20)19(23)27-7-9-29-10-8-27/h2-6,11-13,23H,7-10,22H2,1H3,(H,24,28)(H,25,26). The molecule has 1 unspecified atom stereocenters. The number of aromatic nitrogens is 2. The molecule has 0 aliphatic carbocycles. The lowest BCUT2D eigenvalue weighted by molar-refractivity contribution is 0.0680. The van der Waals surface area contributed by atoms with Gasteiger partial charge in [0.1, 0.15) is 5.84 Å². The molecule has 0 spiro atoms. The lowest BCUT2D eigenvalue weighted by Gasteiger charge is -2.29. The number of fused-ring (bicyclic) bond motifs is 1. The molecule has 0 radical (unpaired) electrons. The van der Waals surface area contributed by atoms with Crippen molar-refractivity contribution < 1.29 is 9.53 Å². The highest BCUT2D eigenvalue weighted by Crippen LogP contribution is 2.23. The average Bonchev–Trinajstić information content (AvgIpc) is 3.17. The van der Waals surface area contributed by atoms with Crippen molar-refractivity contribution in [1.29, 1.82) is 5.41 Å². The van der Waals surface area contributed by atoms with Crippen LogP contribution in [0.25, 0.3) is 11.0 Å². The molecule has 4 rings (SSSR count). The second-order valence-corrected chi connectivity index (χ2v) is 7.10. The van der Waals surface area contributed by atoms with Gasteiger partial charge in [-0.1, -0.05) is 30.3 Å². The van der Waals surface area contributed by atoms with Gasteiger partial charge in [0.2, 0.25) is 0 Å². The Morgan fingerprint density at radius 2 is 2.00 bits per heavy atom. The van der Waals surface area contributed by atoms with E-state index in [0.29, 0.717) is 54.4 Å². The number of nitrogens with two attached hydrogens (primary N) is 1. The highest BCUT2D eigenvalue weighted by molar-refractivity contribution is 6.05. The minimum Gasteiger partial charge on any atom is -0.398 e. The number of aromatic amines is 1. The van der Waals surface area contributed by atoms with Crippen molar-refractivity contribution in [2.75, 3.05) is 32.0 Å². The molecule has 2 aromatic carbocycles. The average molecular weight is 392 g/mol. The van der Waals surface area contributed by atoms with Gasteiger partial charge in [-0.3, -0.25) is 10.2 Å². The van der Waals surface area contributed by atoms with Crippen LogP contribution in [0.1, 0.15) is 34.7 Å². The van der Waals surface area contributed by atoms with Crippen molar-refractivity contribution in [1.82, 2.24) is 20.2 Å². The number of imidazole rings is 1. The van der Waals surface area contributed by atoms with E-state index in [1.54, 1.807) is 12.1 Å². The number of H-pyrrole nitrogens is 1. The Kier molecular flexibility index (Phi) is 5.18. The molecule has 1 aliphatic heterocycles. The number of anilines is 1. The van der Waals surface area contributed by atoms with E-state index in [-0.39, 0.29) is 17.8 Å². The number of amidine groups is 1. The van der Waals surface area contributed by atoms with E-state index in [2.05, 4.69) is 15.3 Å². The summed E-state index contributed by atoms with van der Waals surface area (Å²) in [5.41, 5.74) is 9.55. The van der Waals surface area contributed by atoms with E-state index in [9.17, 15) is 4.79 Å². The van der Waals surface area contributed by atoms with Gasteiger partial charge in [0.05, 0.1) is 30.3 Å². The molecule has 2 heterocycles. The van der Waals surface area contributed by atoms with Crippen molar-refractivity contribution >= 4 is 28.5 Å². The quantitative estimate of drug-likeness (QED) is 0.308. The van der Waals surface area contributed by atoms with Crippen LogP contribution in [0.15, 0.2) is 42.5 Å². The zero-order valence-electron chi connectivity index (χ0n) is 16.2. The first-order chi connectivity index (χ1) is 14.0. The molecule has 1 saturated heterocycles. The third-order valence-electron chi connectivity index (χ3n) is 5.10. The van der Waals surface area contributed by atoms with Gasteiger partial charge >= 0.3 is 0 Å². The zero-order valence-corrected chi connectivity index (χ0v) is 16.2. The Balaban J connectivity index is 1.56. The summed E-state index contributed by atoms with van der Waals surface area (Å²) in [5, 5.41) is 11.4. The summed E-state index contributed by atoms with van der Waals surface area (Å²) < 4.78 is 5.35. The number of carbonyl (C=O) groups is 1. The predicted octanol–water partition coefficient (Wildman–Crippen LogP) is 2.29. The SMILES string of the molecule is CC(NC(=O)c1nc2cc(C(=N)N3CCOCC3)c(N)cc2[nH]1)c1ccccc1. The number of morpholine rings is 1. The van der Waals surface area contributed by atoms with Crippen LogP contribution >= 0.6 is 0 Å². The van der Waals surface area contributed by atoms with E-state index < -0.39 is 0 Å². The fraction of sp³-hybridized carbons (Fsp3) is 0.286. The van der Waals surface area contributed by atoms with Crippen LogP contribution in [0.3, 0.4) is 0 Å². The van der Waals surface area contributed by atoms with Gasteiger partial charge < -0.3 is 25.7 Å². The molecule has 5 N–H and O–H groups in total. The molecule has 0 saturated carbocycles. The van der Waals surface area contributed by atoms with Crippen LogP contribution in [-0.4, -0.2) is 52.9 Å². The van der Waals surface area contributed by atoms with E-state index >= 15 is 0 Å². The van der Waals surface area contributed by atoms with Crippen molar-refractivity contribution in [3.63, 3.8) is 0 Å². The van der Waals surface area contributed by atoms with Crippen molar-refractivity contribution in [2.24, 2.45) is 0 Å². The number of hydrogen-bond donors (Lipinski definition) is 4. The summed E-state index contributed by atoms with van der Waals surface area (Å²) in [4.78, 5) is 22.0. The molecule has 8 heteroatoms. The van der Waals surface area contributed by atoms with E-state index in [0.717, 1.165) is 5.56 Å². The van der Waals surface area contributed by atoms with E-state index in [1.807, 2.05) is 42.2 Å². The molecule has 29 heavy (non-hydrogen) atoms. The van der Waals surface area contributed by atoms with Gasteiger partial charge in [0.15, 0.2) is 5.82 Å². The molecule has 150 valence electrons. The maximum atomic E-state index is 12.6. The van der Waals surface area contributed by atoms with Crippen molar-refractivity contribution in [3.05, 3.63) is 59.4 Å². The minimum absolute atomic E-state index is 0.146. The number of carbonyl (C=O) groups excluding carboxylic acids is 1. The molecule has 3 aromatic rings. The van der Waals surface area contributed by atoms with Gasteiger partial charge in [-0.2, -0.15) is 0 Å². The summed E-state index contributed by atoms with van der Waals surface area (Å²) in [5.74, 6) is 0.276. The second kappa shape index (κ2) is 7.92. The number of nitrogens with zero attached hydrogens (tertiary/aromatic N) is 2. The molecule has 1 atom stereocenters. The van der Waals surface area contributed by atoms with Crippen LogP contribution in [0.2, 0.25) is 0 Å². The first kappa shape index (κ1) is 18.9. The number of ether oxygens (including phenoxy) is 1. The van der Waals surface area contributed by atoms with Gasteiger partial charge in [-0.05, 0) is 24.6 Å². The van der Waals surface area contributed by atoms with E-state index in [4.69, 9.17) is 15.9 Å². The third-order valence-corrected chi connectivity index (χ3v) is 5.10. The number of nitrogens with one attached hydrogen (secondary N) is 3. The maximum Gasteiger partial charge on any atom is 0.287 e. The minimum atomic E-state index is -0.291. The molecule has 1 amide bonds. The zero-order chi connectivity index (χ0) is 20.4. The summed E-state index contributed by atoms with van der Waals surface area (Å²) in [6, 6.07) is 13.1. The molecular formula is C21H24N6O2. The molecule has 1 fully saturated rings. The van der Waals surface area contributed by atoms with Crippen molar-refractivity contribution in [3.8, 4) is 0 Å². The highest BCUT2D eigenvalue weighted by atomic mass is 16.5. The summed E-state index contributed by atoms with van der Waals surface area (Å²) >= 11 is 0. The molecule has 1 aromatic heterocycles. The monoisotopic (exact) mass is 392 g/mol. The van der Waals surface area contributed by atoms with Crippen LogP contribution in [0, 0.1) is 5.41 Å². The molecule has 0 bridgehead atoms. The number of rotatable bonds is 4. The molecule has 8 nitrogen and oxygen atoms in total. The number of amides is 1. The largest absolute Gasteiger partial charge is 0.398 e. The number of hydrogen-bond acceptors (Lipinski definition) is 5. The van der Waals surface area contributed by atoms with Crippen LogP contribution in [-0.2, 0) is 4.74 Å². The van der Waals surface area contributed by atoms with Crippen LogP contribution in [0.5, 0.6) is 0 Å². The lowest BCUT2D eigenvalue weighted by atomic mass is 10.1. The Labute approximate surface area is 168 Å². The summed E-state index contributed by atoms with van der Waals surface area (Å²) in [6.07, 6.45) is 0. The topological polar surface area (TPSA) is 120 Å². The Morgan fingerprint density at radius 3 is 2.72 bits per heavy atom. The van der Waals surface area contributed by atoms with Crippen LogP contribution < -0.4 is 11.1 Å². The summed E-state index contributed by atoms with van der Waals surface area (Å²) in [7, 11) is 0. The predicted molar refractivity (Wildman–Crippen MR) is 112 cm³/mol. The Hall–Kier alpha value is -3.39. The Morgan fingerprint density at radius 1 is 1.28 bits per heavy atom. The van der Waals surface area contributed by atoms with Gasteiger partial charge in [0.25, 0.3) is 5.91 Å². The first-order valence-corrected chi connectivity index (χ1v) is 9.59. The summed E-state index contributed by atoms with van der Waals surface area (Å²) in [6.45, 7) is 4.42. The Bertz CT molecular complexity index is 1040. The fourth-order valence-electron chi connectivity index (χ4n) is 3.43. The van der Waals surface area contributed by atoms with Gasteiger partial charge in [-0.15, -0.1) is 0 Å². The second-order valence-electron chi connectivity index (χ2n) is 7.10. The smallest absolute Gasteiger partial charge is 0.287 e. The van der Waals surface area contributed by atoms with Gasteiger partial charge in [0, 0.05) is 24.3 Å². The molecule has 1 aliphatic rings. The number of nitrogen functional groups attached to an aromatic ring is 1. The third kappa shape index (κ3) is 3.93. The lowest BCUT2D eigenvalue weighted by Crippen LogP contribution is -2.41. The molecular weight excluding hydrogens is 368 g/mol. The first-order valence-electron chi connectivity index (χ1n) is 9.59. The fourth-order valence-corrected chi connectivity index (χ4v) is 3.43. The van der Waals surface area contributed by atoms with E-state index in [1.165, 1.54) is 0 Å². The van der Waals surface area contributed by atoms with Crippen molar-refractivity contribution in [2.45, 2.75) is 13.0 Å². The number of benzene rings is 2. The van der Waals surface area contributed by atoms with Gasteiger partial charge in [-0.25, -0.2) is 4.98 Å². The van der Waals surface area contributed by atoms with Crippen LogP contribution in [0.4, 0.5) is 5.69 Å².